The van der Waals surface area contributed by atoms with E-state index in [0.29, 0.717) is 30.2 Å². The van der Waals surface area contributed by atoms with Crippen molar-refractivity contribution in [3.05, 3.63) is 57.5 Å². The van der Waals surface area contributed by atoms with Gasteiger partial charge in [0.1, 0.15) is 11.6 Å². The summed E-state index contributed by atoms with van der Waals surface area (Å²) in [5.41, 5.74) is -0.110. The van der Waals surface area contributed by atoms with E-state index in [1.165, 1.54) is 17.2 Å². The number of fused-ring (bicyclic) bond motifs is 1. The molecule has 1 aliphatic rings. The van der Waals surface area contributed by atoms with Gasteiger partial charge in [0, 0.05) is 13.2 Å². The zero-order valence-corrected chi connectivity index (χ0v) is 13.2. The van der Waals surface area contributed by atoms with Crippen LogP contribution >= 0.6 is 11.6 Å². The maximum absolute atomic E-state index is 12.4. The number of hydrogen-bond acceptors (Lipinski definition) is 4. The molecule has 2 aromatic rings. The number of aromatic amines is 1. The fraction of sp³-hybridized carbons (Fsp3) is 0.250. The van der Waals surface area contributed by atoms with Crippen LogP contribution in [0.15, 0.2) is 41.3 Å². The van der Waals surface area contributed by atoms with Crippen LogP contribution in [0.1, 0.15) is 10.4 Å². The summed E-state index contributed by atoms with van der Waals surface area (Å²) in [6.07, 6.45) is 1.08. The van der Waals surface area contributed by atoms with Crippen molar-refractivity contribution in [1.82, 2.24) is 9.88 Å². The van der Waals surface area contributed by atoms with Gasteiger partial charge in [-0.2, -0.15) is 0 Å². The molecule has 1 aromatic carbocycles. The molecule has 0 saturated heterocycles. The number of para-hydroxylation sites is 2. The van der Waals surface area contributed by atoms with E-state index in [1.54, 1.807) is 7.05 Å². The molecule has 1 atom stereocenters. The normalized spacial score (nSPS) is 16.0. The Hall–Kier alpha value is -2.47. The molecular weight excluding hydrogens is 320 g/mol. The van der Waals surface area contributed by atoms with Crippen LogP contribution in [0.5, 0.6) is 11.5 Å². The SMILES string of the molecule is CN(CC1COc2ccccc2O1)C(=O)c1c[nH]c(=O)c(Cl)c1. The van der Waals surface area contributed by atoms with Gasteiger partial charge in [-0.05, 0) is 18.2 Å². The number of aromatic nitrogens is 1. The first-order valence-electron chi connectivity index (χ1n) is 7.07. The zero-order chi connectivity index (χ0) is 16.4. The second-order valence-corrected chi connectivity index (χ2v) is 5.66. The van der Waals surface area contributed by atoms with Crippen molar-refractivity contribution < 1.29 is 14.3 Å². The van der Waals surface area contributed by atoms with Crippen LogP contribution in [0, 0.1) is 0 Å². The van der Waals surface area contributed by atoms with Crippen LogP contribution in [0.3, 0.4) is 0 Å². The molecule has 1 aliphatic heterocycles. The van der Waals surface area contributed by atoms with Gasteiger partial charge in [-0.25, -0.2) is 0 Å². The average Bonchev–Trinajstić information content (AvgIpc) is 2.56. The van der Waals surface area contributed by atoms with Crippen LogP contribution in [0.2, 0.25) is 5.02 Å². The first kappa shape index (κ1) is 15.4. The molecule has 0 spiro atoms. The summed E-state index contributed by atoms with van der Waals surface area (Å²) in [6.45, 7) is 0.713. The van der Waals surface area contributed by atoms with Crippen molar-refractivity contribution in [3.63, 3.8) is 0 Å². The van der Waals surface area contributed by atoms with Gasteiger partial charge in [-0.1, -0.05) is 23.7 Å². The second kappa shape index (κ2) is 6.34. The molecule has 1 N–H and O–H groups in total. The standard InChI is InChI=1S/C16H15ClN2O4/c1-19(16(21)10-6-12(17)15(20)18-7-10)8-11-9-22-13-4-2-3-5-14(13)23-11/h2-7,11H,8-9H2,1H3,(H,18,20). The molecule has 7 heteroatoms. The highest BCUT2D eigenvalue weighted by atomic mass is 35.5. The Morgan fingerprint density at radius 2 is 2.13 bits per heavy atom. The molecule has 23 heavy (non-hydrogen) atoms. The van der Waals surface area contributed by atoms with Crippen molar-refractivity contribution >= 4 is 17.5 Å². The Balaban J connectivity index is 1.67. The van der Waals surface area contributed by atoms with Crippen LogP contribution in [-0.4, -0.2) is 42.1 Å². The maximum Gasteiger partial charge on any atom is 0.266 e. The predicted molar refractivity (Wildman–Crippen MR) is 85.4 cm³/mol. The third-order valence-electron chi connectivity index (χ3n) is 3.50. The van der Waals surface area contributed by atoms with Crippen molar-refractivity contribution in [1.29, 1.82) is 0 Å². The molecule has 3 rings (SSSR count). The molecule has 0 radical (unpaired) electrons. The summed E-state index contributed by atoms with van der Waals surface area (Å²) >= 11 is 5.75. The van der Waals surface area contributed by atoms with E-state index in [-0.39, 0.29) is 17.0 Å². The summed E-state index contributed by atoms with van der Waals surface area (Å²) in [7, 11) is 1.66. The number of nitrogens with one attached hydrogen (secondary N) is 1. The monoisotopic (exact) mass is 334 g/mol. The minimum Gasteiger partial charge on any atom is -0.486 e. The third kappa shape index (κ3) is 3.32. The number of rotatable bonds is 3. The Morgan fingerprint density at radius 1 is 1.39 bits per heavy atom. The van der Waals surface area contributed by atoms with E-state index in [4.69, 9.17) is 21.1 Å². The van der Waals surface area contributed by atoms with Crippen LogP contribution in [0.25, 0.3) is 0 Å². The van der Waals surface area contributed by atoms with Gasteiger partial charge in [0.2, 0.25) is 0 Å². The van der Waals surface area contributed by atoms with Crippen LogP contribution in [-0.2, 0) is 0 Å². The number of hydrogen-bond donors (Lipinski definition) is 1. The summed E-state index contributed by atoms with van der Waals surface area (Å²) in [5.74, 6) is 1.10. The number of likely N-dealkylation sites (N-methyl/N-ethyl adjacent to an activating group) is 1. The minimum absolute atomic E-state index is 0.0181. The molecule has 1 unspecified atom stereocenters. The van der Waals surface area contributed by atoms with Crippen molar-refractivity contribution in [2.24, 2.45) is 0 Å². The summed E-state index contributed by atoms with van der Waals surface area (Å²) in [6, 6.07) is 8.75. The first-order valence-corrected chi connectivity index (χ1v) is 7.44. The minimum atomic E-state index is -0.425. The highest BCUT2D eigenvalue weighted by Crippen LogP contribution is 2.31. The highest BCUT2D eigenvalue weighted by molar-refractivity contribution is 6.30. The quantitative estimate of drug-likeness (QED) is 0.931. The largest absolute Gasteiger partial charge is 0.486 e. The van der Waals surface area contributed by atoms with Crippen LogP contribution < -0.4 is 15.0 Å². The van der Waals surface area contributed by atoms with E-state index < -0.39 is 5.56 Å². The predicted octanol–water partition coefficient (Wildman–Crippen LogP) is 1.94. The maximum atomic E-state index is 12.4. The molecule has 0 saturated carbocycles. The van der Waals surface area contributed by atoms with E-state index in [1.807, 2.05) is 24.3 Å². The number of carbonyl (C=O) groups is 1. The number of ether oxygens (including phenoxy) is 2. The van der Waals surface area contributed by atoms with Gasteiger partial charge in [0.15, 0.2) is 17.6 Å². The zero-order valence-electron chi connectivity index (χ0n) is 12.4. The molecule has 0 aliphatic carbocycles. The topological polar surface area (TPSA) is 71.6 Å². The number of amides is 1. The Labute approximate surface area is 137 Å². The number of H-pyrrole nitrogens is 1. The Kier molecular flexibility index (Phi) is 4.25. The average molecular weight is 335 g/mol. The number of halogens is 1. The molecule has 1 amide bonds. The molecule has 0 fully saturated rings. The number of benzene rings is 1. The van der Waals surface area contributed by atoms with Gasteiger partial charge >= 0.3 is 0 Å². The third-order valence-corrected chi connectivity index (χ3v) is 3.78. The number of pyridine rings is 1. The molecular formula is C16H15ClN2O4. The lowest BCUT2D eigenvalue weighted by atomic mass is 10.2. The molecule has 0 bridgehead atoms. The van der Waals surface area contributed by atoms with Gasteiger partial charge in [-0.15, -0.1) is 0 Å². The van der Waals surface area contributed by atoms with E-state index in [2.05, 4.69) is 4.98 Å². The second-order valence-electron chi connectivity index (χ2n) is 5.25. The highest BCUT2D eigenvalue weighted by Gasteiger charge is 2.24. The molecule has 6 nitrogen and oxygen atoms in total. The van der Waals surface area contributed by atoms with E-state index in [9.17, 15) is 9.59 Å². The van der Waals surface area contributed by atoms with Gasteiger partial charge in [-0.3, -0.25) is 9.59 Å². The Morgan fingerprint density at radius 3 is 2.87 bits per heavy atom. The fourth-order valence-corrected chi connectivity index (χ4v) is 2.51. The van der Waals surface area contributed by atoms with Gasteiger partial charge < -0.3 is 19.4 Å². The smallest absolute Gasteiger partial charge is 0.266 e. The fourth-order valence-electron chi connectivity index (χ4n) is 2.34. The Bertz CT molecular complexity index is 790. The van der Waals surface area contributed by atoms with Crippen molar-refractivity contribution in [3.8, 4) is 11.5 Å². The summed E-state index contributed by atoms with van der Waals surface area (Å²) in [5, 5.41) is -0.0181. The molecule has 1 aromatic heterocycles. The first-order chi connectivity index (χ1) is 11.0. The van der Waals surface area contributed by atoms with E-state index >= 15 is 0 Å². The summed E-state index contributed by atoms with van der Waals surface area (Å²) < 4.78 is 11.5. The van der Waals surface area contributed by atoms with Crippen molar-refractivity contribution in [2.45, 2.75) is 6.10 Å². The number of nitrogens with zero attached hydrogens (tertiary/aromatic N) is 1. The lowest BCUT2D eigenvalue weighted by Crippen LogP contribution is -2.41. The molecule has 2 heterocycles. The van der Waals surface area contributed by atoms with E-state index in [0.717, 1.165) is 0 Å². The van der Waals surface area contributed by atoms with Crippen LogP contribution in [0.4, 0.5) is 0 Å². The van der Waals surface area contributed by atoms with Gasteiger partial charge in [0.25, 0.3) is 11.5 Å². The lowest BCUT2D eigenvalue weighted by molar-refractivity contribution is 0.0520. The lowest BCUT2D eigenvalue weighted by Gasteiger charge is -2.29. The molecule has 120 valence electrons. The van der Waals surface area contributed by atoms with Crippen molar-refractivity contribution in [2.75, 3.05) is 20.2 Å². The number of carbonyl (C=O) groups excluding carboxylic acids is 1. The van der Waals surface area contributed by atoms with Gasteiger partial charge in [0.05, 0.1) is 12.1 Å². The summed E-state index contributed by atoms with van der Waals surface area (Å²) in [4.78, 5) is 27.6.